The van der Waals surface area contributed by atoms with Gasteiger partial charge in [-0.1, -0.05) is 6.08 Å². The fourth-order valence-corrected chi connectivity index (χ4v) is 4.44. The summed E-state index contributed by atoms with van der Waals surface area (Å²) in [6.07, 6.45) is 4.43. The van der Waals surface area contributed by atoms with Gasteiger partial charge in [0.25, 0.3) is 5.91 Å². The number of aryl methyl sites for hydroxylation is 1. The molecule has 3 aliphatic heterocycles. The monoisotopic (exact) mass is 437 g/mol. The SMILES string of the molecule is CC1COc2cc3c(cc2O1)-n1c(C2=CCOCC2)nc(C(=O)N(C)C(C)(C)C)c1CC3. The summed E-state index contributed by atoms with van der Waals surface area (Å²) in [5.41, 5.74) is 4.54. The predicted molar refractivity (Wildman–Crippen MR) is 122 cm³/mol. The van der Waals surface area contributed by atoms with Crippen molar-refractivity contribution in [3.05, 3.63) is 41.0 Å². The molecule has 1 unspecified atom stereocenters. The van der Waals surface area contributed by atoms with Crippen LogP contribution in [0.5, 0.6) is 11.5 Å². The van der Waals surface area contributed by atoms with Crippen LogP contribution in [0.4, 0.5) is 0 Å². The zero-order valence-corrected chi connectivity index (χ0v) is 19.5. The number of fused-ring (bicyclic) bond motifs is 4. The van der Waals surface area contributed by atoms with E-state index in [0.717, 1.165) is 53.5 Å². The highest BCUT2D eigenvalue weighted by Crippen LogP contribution is 2.41. The van der Waals surface area contributed by atoms with Crippen molar-refractivity contribution in [3.8, 4) is 17.2 Å². The topological polar surface area (TPSA) is 65.8 Å². The smallest absolute Gasteiger partial charge is 0.274 e. The zero-order valence-electron chi connectivity index (χ0n) is 19.5. The van der Waals surface area contributed by atoms with E-state index >= 15 is 0 Å². The lowest BCUT2D eigenvalue weighted by molar-refractivity contribution is 0.0649. The predicted octanol–water partition coefficient (Wildman–Crippen LogP) is 3.80. The second kappa shape index (κ2) is 7.66. The quantitative estimate of drug-likeness (QED) is 0.715. The second-order valence-electron chi connectivity index (χ2n) is 9.82. The molecule has 0 spiro atoms. The van der Waals surface area contributed by atoms with E-state index in [1.54, 1.807) is 4.90 Å². The Hall–Kier alpha value is -2.80. The molecule has 2 aromatic rings. The zero-order chi connectivity index (χ0) is 22.6. The molecule has 0 saturated carbocycles. The highest BCUT2D eigenvalue weighted by molar-refractivity contribution is 5.95. The normalized spacial score (nSPS) is 19.7. The number of benzene rings is 1. The van der Waals surface area contributed by atoms with Crippen molar-refractivity contribution in [1.29, 1.82) is 0 Å². The van der Waals surface area contributed by atoms with Crippen molar-refractivity contribution >= 4 is 11.5 Å². The first-order chi connectivity index (χ1) is 15.2. The Kier molecular flexibility index (Phi) is 5.04. The second-order valence-corrected chi connectivity index (χ2v) is 9.82. The number of carbonyl (C=O) groups excluding carboxylic acids is 1. The lowest BCUT2D eigenvalue weighted by atomic mass is 9.98. The molecule has 7 heteroatoms. The molecule has 3 aliphatic rings. The van der Waals surface area contributed by atoms with Crippen molar-refractivity contribution in [1.82, 2.24) is 14.5 Å². The first-order valence-corrected chi connectivity index (χ1v) is 11.4. The van der Waals surface area contributed by atoms with Gasteiger partial charge in [0.05, 0.1) is 24.6 Å². The highest BCUT2D eigenvalue weighted by atomic mass is 16.6. The molecule has 1 aromatic carbocycles. The summed E-state index contributed by atoms with van der Waals surface area (Å²) in [7, 11) is 1.85. The summed E-state index contributed by atoms with van der Waals surface area (Å²) in [6, 6.07) is 4.14. The van der Waals surface area contributed by atoms with Gasteiger partial charge in [-0.25, -0.2) is 4.98 Å². The molecule has 1 atom stereocenters. The van der Waals surface area contributed by atoms with Gasteiger partial charge in [0.2, 0.25) is 0 Å². The van der Waals surface area contributed by atoms with E-state index in [9.17, 15) is 4.79 Å². The lowest BCUT2D eigenvalue weighted by Gasteiger charge is -2.32. The Balaban J connectivity index is 1.69. The number of ether oxygens (including phenoxy) is 3. The summed E-state index contributed by atoms with van der Waals surface area (Å²) in [5.74, 6) is 2.33. The van der Waals surface area contributed by atoms with Crippen molar-refractivity contribution < 1.29 is 19.0 Å². The van der Waals surface area contributed by atoms with E-state index in [1.165, 1.54) is 5.56 Å². The molecule has 4 heterocycles. The summed E-state index contributed by atoms with van der Waals surface area (Å²) < 4.78 is 19.7. The van der Waals surface area contributed by atoms with Gasteiger partial charge in [0, 0.05) is 18.7 Å². The number of nitrogens with zero attached hydrogens (tertiary/aromatic N) is 3. The molecule has 0 aliphatic carbocycles. The number of hydrogen-bond donors (Lipinski definition) is 0. The van der Waals surface area contributed by atoms with Gasteiger partial charge in [-0.3, -0.25) is 9.36 Å². The fourth-order valence-electron chi connectivity index (χ4n) is 4.44. The van der Waals surface area contributed by atoms with Gasteiger partial charge in [0.1, 0.15) is 18.5 Å². The van der Waals surface area contributed by atoms with Crippen LogP contribution in [-0.2, 0) is 17.6 Å². The number of hydrogen-bond acceptors (Lipinski definition) is 5. The van der Waals surface area contributed by atoms with E-state index in [1.807, 2.05) is 34.7 Å². The molecule has 5 rings (SSSR count). The maximum absolute atomic E-state index is 13.5. The van der Waals surface area contributed by atoms with Crippen molar-refractivity contribution in [2.24, 2.45) is 0 Å². The van der Waals surface area contributed by atoms with Crippen LogP contribution in [0, 0.1) is 0 Å². The Morgan fingerprint density at radius 1 is 1.19 bits per heavy atom. The summed E-state index contributed by atoms with van der Waals surface area (Å²) in [6.45, 7) is 9.89. The highest BCUT2D eigenvalue weighted by Gasteiger charge is 2.34. The first kappa shape index (κ1) is 21.1. The van der Waals surface area contributed by atoms with Gasteiger partial charge >= 0.3 is 0 Å². The first-order valence-electron chi connectivity index (χ1n) is 11.4. The summed E-state index contributed by atoms with van der Waals surface area (Å²) in [5, 5.41) is 0. The molecule has 32 heavy (non-hydrogen) atoms. The average Bonchev–Trinajstić information content (AvgIpc) is 3.17. The molecule has 0 bridgehead atoms. The maximum atomic E-state index is 13.5. The lowest BCUT2D eigenvalue weighted by Crippen LogP contribution is -2.43. The van der Waals surface area contributed by atoms with Crippen LogP contribution >= 0.6 is 0 Å². The van der Waals surface area contributed by atoms with Crippen LogP contribution in [0.1, 0.15) is 61.7 Å². The Morgan fingerprint density at radius 2 is 2.00 bits per heavy atom. The summed E-state index contributed by atoms with van der Waals surface area (Å²) >= 11 is 0. The van der Waals surface area contributed by atoms with Gasteiger partial charge in [-0.05, 0) is 64.2 Å². The average molecular weight is 438 g/mol. The standard InChI is InChI=1S/C25H31N3O4/c1-15-14-31-20-12-17-6-7-18-22(24(29)27(5)25(2,3)4)26-23(16-8-10-30-11-9-16)28(18)19(17)13-21(20)32-15/h8,12-13,15H,6-7,9-11,14H2,1-5H3. The van der Waals surface area contributed by atoms with Crippen molar-refractivity contribution in [2.75, 3.05) is 26.9 Å². The van der Waals surface area contributed by atoms with Crippen LogP contribution in [0.2, 0.25) is 0 Å². The van der Waals surface area contributed by atoms with Crippen LogP contribution in [0.15, 0.2) is 18.2 Å². The van der Waals surface area contributed by atoms with Gasteiger partial charge in [-0.2, -0.15) is 0 Å². The molecule has 0 fully saturated rings. The third kappa shape index (κ3) is 3.48. The van der Waals surface area contributed by atoms with Crippen LogP contribution in [-0.4, -0.2) is 58.9 Å². The molecule has 1 aromatic heterocycles. The minimum absolute atomic E-state index is 0.00152. The van der Waals surface area contributed by atoms with Crippen LogP contribution in [0.25, 0.3) is 11.3 Å². The Morgan fingerprint density at radius 3 is 2.72 bits per heavy atom. The fraction of sp³-hybridized carbons (Fsp3) is 0.520. The molecule has 170 valence electrons. The Labute approximate surface area is 189 Å². The Bertz CT molecular complexity index is 1110. The van der Waals surface area contributed by atoms with E-state index in [4.69, 9.17) is 19.2 Å². The number of rotatable bonds is 2. The minimum atomic E-state index is -0.293. The molecule has 0 radical (unpaired) electrons. The molecule has 1 amide bonds. The summed E-state index contributed by atoms with van der Waals surface area (Å²) in [4.78, 5) is 20.2. The van der Waals surface area contributed by atoms with Gasteiger partial charge < -0.3 is 19.1 Å². The molecular weight excluding hydrogens is 406 g/mol. The van der Waals surface area contributed by atoms with Crippen molar-refractivity contribution in [3.63, 3.8) is 0 Å². The van der Waals surface area contributed by atoms with Crippen LogP contribution < -0.4 is 9.47 Å². The minimum Gasteiger partial charge on any atom is -0.486 e. The van der Waals surface area contributed by atoms with Crippen molar-refractivity contribution in [2.45, 2.75) is 58.6 Å². The molecule has 0 N–H and O–H groups in total. The van der Waals surface area contributed by atoms with E-state index in [-0.39, 0.29) is 17.6 Å². The molecule has 7 nitrogen and oxygen atoms in total. The maximum Gasteiger partial charge on any atom is 0.274 e. The number of carbonyl (C=O) groups is 1. The largest absolute Gasteiger partial charge is 0.486 e. The third-order valence-electron chi connectivity index (χ3n) is 6.56. The van der Waals surface area contributed by atoms with E-state index in [2.05, 4.69) is 22.8 Å². The third-order valence-corrected chi connectivity index (χ3v) is 6.56. The molecule has 0 saturated heterocycles. The molecular formula is C25H31N3O4. The van der Waals surface area contributed by atoms with Crippen LogP contribution in [0.3, 0.4) is 0 Å². The van der Waals surface area contributed by atoms with Gasteiger partial charge in [-0.15, -0.1) is 0 Å². The number of aromatic nitrogens is 2. The van der Waals surface area contributed by atoms with E-state index in [0.29, 0.717) is 25.5 Å². The van der Waals surface area contributed by atoms with E-state index < -0.39 is 0 Å². The van der Waals surface area contributed by atoms with Gasteiger partial charge in [0.15, 0.2) is 17.2 Å². The number of imidazole rings is 1. The number of amides is 1.